The van der Waals surface area contributed by atoms with Crippen LogP contribution in [0.25, 0.3) is 21.9 Å². The number of allylic oxidation sites excluding steroid dienone is 19. The van der Waals surface area contributed by atoms with Crippen molar-refractivity contribution in [2.24, 2.45) is 22.5 Å². The molecule has 5 atom stereocenters. The van der Waals surface area contributed by atoms with Crippen LogP contribution in [-0.2, 0) is 6.42 Å². The Morgan fingerprint density at radius 3 is 2.41 bits per heavy atom. The van der Waals surface area contributed by atoms with E-state index in [0.29, 0.717) is 0 Å². The van der Waals surface area contributed by atoms with Gasteiger partial charge in [0.05, 0.1) is 0 Å². The van der Waals surface area contributed by atoms with Crippen molar-refractivity contribution in [3.05, 3.63) is 239 Å². The fraction of sp³-hybridized carbons (Fsp3) is 0.200. The minimum atomic E-state index is -0.374. The van der Waals surface area contributed by atoms with Crippen LogP contribution in [-0.4, -0.2) is 6.04 Å². The standard InChI is InChI=1S/C55H55N/c1-39(26-31-49(56)23-16-18-44-29-30-46-19-10-11-22-48(46)37-44)35-52-51-25-13-12-24-50(51)42(4)36-45-32-34-55(52,38-45)54(6)33-15-14-17-40(2)53(41(3)27-28-43(54)5)47-20-8-7-9-21-47/h7-17,19-38,43,49,52H,3,18,56H2,1-2,4-6H3/b17-14-,23-16-,28-27-,31-26-,33-15-,39-35+,42-36-,53-40?. The van der Waals surface area contributed by atoms with Crippen molar-refractivity contribution in [1.82, 2.24) is 0 Å². The molecule has 0 radical (unpaired) electrons. The Kier molecular flexibility index (Phi) is 11.4. The predicted molar refractivity (Wildman–Crippen MR) is 243 cm³/mol. The third-order valence-electron chi connectivity index (χ3n) is 12.3. The maximum absolute atomic E-state index is 6.67. The minimum absolute atomic E-state index is 0.0444. The number of hydrogen-bond donors (Lipinski definition) is 1. The van der Waals surface area contributed by atoms with Gasteiger partial charge in [0.1, 0.15) is 0 Å². The van der Waals surface area contributed by atoms with Crippen molar-refractivity contribution < 1.29 is 0 Å². The lowest BCUT2D eigenvalue weighted by molar-refractivity contribution is 0.148. The van der Waals surface area contributed by atoms with Gasteiger partial charge in [-0.25, -0.2) is 0 Å². The van der Waals surface area contributed by atoms with E-state index in [1.54, 1.807) is 0 Å². The zero-order chi connectivity index (χ0) is 39.3. The summed E-state index contributed by atoms with van der Waals surface area (Å²) in [4.78, 5) is 0. The second-order valence-electron chi connectivity index (χ2n) is 16.1. The first-order chi connectivity index (χ1) is 27.1. The van der Waals surface area contributed by atoms with Crippen molar-refractivity contribution in [3.8, 4) is 0 Å². The summed E-state index contributed by atoms with van der Waals surface area (Å²) in [6.07, 6.45) is 35.5. The van der Waals surface area contributed by atoms with Gasteiger partial charge in [-0.2, -0.15) is 0 Å². The predicted octanol–water partition coefficient (Wildman–Crippen LogP) is 13.8. The van der Waals surface area contributed by atoms with Gasteiger partial charge in [0, 0.05) is 22.8 Å². The smallest absolute Gasteiger partial charge is 0.0413 e. The normalized spacial score (nSPS) is 27.2. The fourth-order valence-corrected chi connectivity index (χ4v) is 8.92. The van der Waals surface area contributed by atoms with Crippen LogP contribution in [0.3, 0.4) is 0 Å². The Balaban J connectivity index is 1.24. The first kappa shape index (κ1) is 38.5. The third-order valence-corrected chi connectivity index (χ3v) is 12.3. The van der Waals surface area contributed by atoms with Gasteiger partial charge in [-0.3, -0.25) is 0 Å². The fourth-order valence-electron chi connectivity index (χ4n) is 8.92. The van der Waals surface area contributed by atoms with E-state index < -0.39 is 0 Å². The molecule has 0 heterocycles. The van der Waals surface area contributed by atoms with E-state index >= 15 is 0 Å². The van der Waals surface area contributed by atoms with Gasteiger partial charge >= 0.3 is 0 Å². The summed E-state index contributed by atoms with van der Waals surface area (Å²) in [7, 11) is 0. The Hall–Kier alpha value is -5.76. The molecule has 0 amide bonds. The molecule has 0 saturated carbocycles. The highest BCUT2D eigenvalue weighted by molar-refractivity contribution is 5.85. The van der Waals surface area contributed by atoms with Crippen LogP contribution in [0.5, 0.6) is 0 Å². The molecule has 0 fully saturated rings. The van der Waals surface area contributed by atoms with Crippen LogP contribution in [0.2, 0.25) is 0 Å². The Morgan fingerprint density at radius 1 is 0.839 bits per heavy atom. The summed E-state index contributed by atoms with van der Waals surface area (Å²) in [5.74, 6) is 0.201. The average Bonchev–Trinajstić information content (AvgIpc) is 3.65. The molecule has 1 nitrogen and oxygen atoms in total. The zero-order valence-corrected chi connectivity index (χ0v) is 33.6. The van der Waals surface area contributed by atoms with Crippen LogP contribution in [0.1, 0.15) is 62.8 Å². The monoisotopic (exact) mass is 729 g/mol. The Bertz CT molecular complexity index is 2430. The summed E-state index contributed by atoms with van der Waals surface area (Å²) < 4.78 is 0. The summed E-state index contributed by atoms with van der Waals surface area (Å²) in [5, 5.41) is 2.53. The van der Waals surface area contributed by atoms with Crippen molar-refractivity contribution in [2.75, 3.05) is 0 Å². The molecule has 7 rings (SSSR count). The molecule has 2 bridgehead atoms. The van der Waals surface area contributed by atoms with Crippen LogP contribution >= 0.6 is 0 Å². The molecule has 5 unspecified atom stereocenters. The van der Waals surface area contributed by atoms with Gasteiger partial charge in [0.15, 0.2) is 0 Å². The molecule has 0 aliphatic heterocycles. The van der Waals surface area contributed by atoms with Crippen molar-refractivity contribution >= 4 is 21.9 Å². The topological polar surface area (TPSA) is 26.0 Å². The summed E-state index contributed by atoms with van der Waals surface area (Å²) in [5.41, 5.74) is 18.2. The molecule has 56 heavy (non-hydrogen) atoms. The summed E-state index contributed by atoms with van der Waals surface area (Å²) >= 11 is 0. The molecule has 3 aliphatic carbocycles. The largest absolute Gasteiger partial charge is 0.321 e. The Morgan fingerprint density at radius 2 is 1.59 bits per heavy atom. The van der Waals surface area contributed by atoms with Crippen LogP contribution in [0, 0.1) is 16.7 Å². The molecule has 4 aromatic rings. The van der Waals surface area contributed by atoms with Gasteiger partial charge in [-0.15, -0.1) is 0 Å². The SMILES string of the molecule is C=C1/C=C\C(C)C(C)(C23C=CC(=C2)/C=C(/C)c2ccccc2C3/C=C(C)/C=C\C(N)/C=C\Cc2ccc3ccccc3c2)/C=C\C=C/C(C)=C1c1ccccc1. The second-order valence-corrected chi connectivity index (χ2v) is 16.1. The van der Waals surface area contributed by atoms with E-state index in [9.17, 15) is 0 Å². The number of benzene rings is 4. The summed E-state index contributed by atoms with van der Waals surface area (Å²) in [6, 6.07) is 34.6. The molecule has 4 aromatic carbocycles. The highest BCUT2D eigenvalue weighted by Crippen LogP contribution is 2.61. The minimum Gasteiger partial charge on any atom is -0.321 e. The Labute approximate surface area is 335 Å². The maximum Gasteiger partial charge on any atom is 0.0413 e. The van der Waals surface area contributed by atoms with Gasteiger partial charge in [-0.05, 0) is 94.0 Å². The lowest BCUT2D eigenvalue weighted by Crippen LogP contribution is -2.44. The van der Waals surface area contributed by atoms with Gasteiger partial charge in [-0.1, -0.05) is 214 Å². The molecule has 0 saturated heterocycles. The highest BCUT2D eigenvalue weighted by Gasteiger charge is 2.52. The van der Waals surface area contributed by atoms with Crippen LogP contribution in [0.15, 0.2) is 217 Å². The van der Waals surface area contributed by atoms with E-state index in [-0.39, 0.29) is 28.7 Å². The molecule has 1 heteroatoms. The van der Waals surface area contributed by atoms with Crippen molar-refractivity contribution in [1.29, 1.82) is 0 Å². The summed E-state index contributed by atoms with van der Waals surface area (Å²) in [6.45, 7) is 16.1. The quantitative estimate of drug-likeness (QED) is 0.142. The van der Waals surface area contributed by atoms with E-state index in [1.165, 1.54) is 60.9 Å². The molecular formula is C55H55N. The highest BCUT2D eigenvalue weighted by atomic mass is 14.6. The third kappa shape index (κ3) is 7.83. The average molecular weight is 730 g/mol. The molecule has 2 N–H and O–H groups in total. The zero-order valence-electron chi connectivity index (χ0n) is 33.6. The maximum atomic E-state index is 6.67. The molecule has 280 valence electrons. The molecular weight excluding hydrogens is 675 g/mol. The van der Waals surface area contributed by atoms with Crippen molar-refractivity contribution in [3.63, 3.8) is 0 Å². The first-order valence-corrected chi connectivity index (χ1v) is 20.0. The second kappa shape index (κ2) is 16.5. The van der Waals surface area contributed by atoms with E-state index in [2.05, 4.69) is 229 Å². The van der Waals surface area contributed by atoms with E-state index in [4.69, 9.17) is 5.73 Å². The molecule has 0 aromatic heterocycles. The van der Waals surface area contributed by atoms with Gasteiger partial charge < -0.3 is 5.73 Å². The number of rotatable bonds is 8. The number of hydrogen-bond acceptors (Lipinski definition) is 1. The number of fused-ring (bicyclic) bond motifs is 3. The number of nitrogens with two attached hydrogens (primary N) is 1. The van der Waals surface area contributed by atoms with Crippen LogP contribution in [0.4, 0.5) is 0 Å². The lowest BCUT2D eigenvalue weighted by Gasteiger charge is -2.51. The van der Waals surface area contributed by atoms with Gasteiger partial charge in [0.25, 0.3) is 0 Å². The lowest BCUT2D eigenvalue weighted by atomic mass is 9.52. The van der Waals surface area contributed by atoms with E-state index in [1.807, 2.05) is 0 Å². The van der Waals surface area contributed by atoms with E-state index in [0.717, 1.165) is 12.0 Å². The molecule has 0 spiro atoms. The first-order valence-electron chi connectivity index (χ1n) is 20.0. The molecule has 3 aliphatic rings. The van der Waals surface area contributed by atoms with Crippen molar-refractivity contribution in [2.45, 2.75) is 53.0 Å². The van der Waals surface area contributed by atoms with Gasteiger partial charge in [0.2, 0.25) is 0 Å². The van der Waals surface area contributed by atoms with Crippen LogP contribution < -0.4 is 5.73 Å².